The molecule has 0 aliphatic carbocycles. The Bertz CT molecular complexity index is 97.8. The molecule has 0 atom stereocenters. The third-order valence-corrected chi connectivity index (χ3v) is 0.986. The van der Waals surface area contributed by atoms with Gasteiger partial charge in [-0.1, -0.05) is 0 Å². The molecule has 0 radical (unpaired) electrons. The van der Waals surface area contributed by atoms with Crippen LogP contribution < -0.4 is 0 Å². The topological polar surface area (TPSA) is 39.5 Å². The number of guanidine groups is 1. The predicted molar refractivity (Wildman–Crippen MR) is 35.6 cm³/mol. The SMILES string of the molecule is C=NC(=N)N(C)CC. The van der Waals surface area contributed by atoms with E-state index in [0.717, 1.165) is 6.54 Å². The van der Waals surface area contributed by atoms with Gasteiger partial charge in [-0.15, -0.1) is 0 Å². The lowest BCUT2D eigenvalue weighted by Gasteiger charge is -2.11. The van der Waals surface area contributed by atoms with E-state index in [2.05, 4.69) is 11.7 Å². The third-order valence-electron chi connectivity index (χ3n) is 0.986. The lowest BCUT2D eigenvalue weighted by Crippen LogP contribution is -2.23. The van der Waals surface area contributed by atoms with Crippen LogP contribution >= 0.6 is 0 Å². The quantitative estimate of drug-likeness (QED) is 0.392. The maximum absolute atomic E-state index is 7.04. The number of nitrogens with one attached hydrogen (secondary N) is 1. The molecule has 0 saturated heterocycles. The van der Waals surface area contributed by atoms with Crippen molar-refractivity contribution in [1.29, 1.82) is 5.41 Å². The Morgan fingerprint density at radius 1 is 1.88 bits per heavy atom. The molecule has 0 amide bonds. The Kier molecular flexibility index (Phi) is 2.84. The second-order valence-electron chi connectivity index (χ2n) is 1.50. The molecule has 0 heterocycles. The summed E-state index contributed by atoms with van der Waals surface area (Å²) in [6.45, 7) is 5.97. The summed E-state index contributed by atoms with van der Waals surface area (Å²) in [5, 5.41) is 7.04. The normalized spacial score (nSPS) is 8.25. The van der Waals surface area contributed by atoms with Gasteiger partial charge in [-0.3, -0.25) is 5.41 Å². The van der Waals surface area contributed by atoms with Gasteiger partial charge in [0.2, 0.25) is 5.96 Å². The van der Waals surface area contributed by atoms with E-state index in [0.29, 0.717) is 0 Å². The largest absolute Gasteiger partial charge is 0.345 e. The lowest BCUT2D eigenvalue weighted by atomic mass is 10.6. The second-order valence-corrected chi connectivity index (χ2v) is 1.50. The van der Waals surface area contributed by atoms with Crippen molar-refractivity contribution in [3.8, 4) is 0 Å². The molecule has 0 spiro atoms. The van der Waals surface area contributed by atoms with E-state index in [1.165, 1.54) is 0 Å². The Morgan fingerprint density at radius 3 is 2.50 bits per heavy atom. The first kappa shape index (κ1) is 7.14. The van der Waals surface area contributed by atoms with Crippen LogP contribution in [0.3, 0.4) is 0 Å². The minimum atomic E-state index is 0.229. The molecule has 0 aromatic carbocycles. The fraction of sp³-hybridized carbons (Fsp3) is 0.600. The highest BCUT2D eigenvalue weighted by Crippen LogP contribution is 1.81. The first-order chi connectivity index (χ1) is 3.72. The lowest BCUT2D eigenvalue weighted by molar-refractivity contribution is 0.526. The second kappa shape index (κ2) is 3.18. The van der Waals surface area contributed by atoms with Crippen LogP contribution in [0.25, 0.3) is 0 Å². The van der Waals surface area contributed by atoms with Crippen molar-refractivity contribution in [3.05, 3.63) is 0 Å². The molecule has 0 aliphatic heterocycles. The van der Waals surface area contributed by atoms with E-state index in [-0.39, 0.29) is 5.96 Å². The molecular formula is C5H11N3. The fourth-order valence-corrected chi connectivity index (χ4v) is 0.270. The predicted octanol–water partition coefficient (Wildman–Crippen LogP) is 0.573. The first-order valence-corrected chi connectivity index (χ1v) is 2.48. The maximum Gasteiger partial charge on any atom is 0.216 e. The van der Waals surface area contributed by atoms with E-state index in [9.17, 15) is 0 Å². The summed E-state index contributed by atoms with van der Waals surface area (Å²) in [6.07, 6.45) is 0. The zero-order valence-corrected chi connectivity index (χ0v) is 5.31. The summed E-state index contributed by atoms with van der Waals surface area (Å²) < 4.78 is 0. The highest BCUT2D eigenvalue weighted by molar-refractivity contribution is 5.80. The Morgan fingerprint density at radius 2 is 2.38 bits per heavy atom. The number of aliphatic imine (C=N–C) groups is 1. The van der Waals surface area contributed by atoms with Gasteiger partial charge in [-0.2, -0.15) is 0 Å². The van der Waals surface area contributed by atoms with Crippen molar-refractivity contribution >= 4 is 12.7 Å². The molecule has 0 aliphatic rings. The van der Waals surface area contributed by atoms with Crippen LogP contribution in [0, 0.1) is 5.41 Å². The number of hydrogen-bond donors (Lipinski definition) is 1. The summed E-state index contributed by atoms with van der Waals surface area (Å²) >= 11 is 0. The standard InChI is InChI=1S/C5H11N3/c1-4-8(3)5(6)7-2/h6H,2,4H2,1,3H3. The van der Waals surface area contributed by atoms with Crippen molar-refractivity contribution in [2.45, 2.75) is 6.92 Å². The van der Waals surface area contributed by atoms with Crippen LogP contribution in [0.15, 0.2) is 4.99 Å². The minimum absolute atomic E-state index is 0.229. The molecule has 0 rings (SSSR count). The van der Waals surface area contributed by atoms with E-state index < -0.39 is 0 Å². The highest BCUT2D eigenvalue weighted by atomic mass is 15.2. The molecule has 0 saturated carbocycles. The molecule has 3 heteroatoms. The molecular weight excluding hydrogens is 102 g/mol. The minimum Gasteiger partial charge on any atom is -0.345 e. The van der Waals surface area contributed by atoms with Crippen LogP contribution in [0.2, 0.25) is 0 Å². The van der Waals surface area contributed by atoms with Crippen molar-refractivity contribution < 1.29 is 0 Å². The summed E-state index contributed by atoms with van der Waals surface area (Å²) in [5.41, 5.74) is 0. The Hall–Kier alpha value is -0.860. The van der Waals surface area contributed by atoms with Crippen LogP contribution in [0.4, 0.5) is 0 Å². The highest BCUT2D eigenvalue weighted by Gasteiger charge is 1.93. The van der Waals surface area contributed by atoms with Crippen molar-refractivity contribution in [2.75, 3.05) is 13.6 Å². The molecule has 0 aromatic rings. The number of rotatable bonds is 1. The van der Waals surface area contributed by atoms with Crippen LogP contribution in [-0.2, 0) is 0 Å². The molecule has 46 valence electrons. The van der Waals surface area contributed by atoms with Crippen LogP contribution in [-0.4, -0.2) is 31.2 Å². The van der Waals surface area contributed by atoms with Gasteiger partial charge in [-0.05, 0) is 13.6 Å². The van der Waals surface area contributed by atoms with Gasteiger partial charge in [0, 0.05) is 13.6 Å². The van der Waals surface area contributed by atoms with Crippen molar-refractivity contribution in [1.82, 2.24) is 4.90 Å². The Labute approximate surface area is 49.5 Å². The van der Waals surface area contributed by atoms with Gasteiger partial charge in [0.15, 0.2) is 0 Å². The number of hydrogen-bond acceptors (Lipinski definition) is 1. The molecule has 8 heavy (non-hydrogen) atoms. The van der Waals surface area contributed by atoms with Gasteiger partial charge < -0.3 is 4.90 Å². The summed E-state index contributed by atoms with van der Waals surface area (Å²) in [5.74, 6) is 0.229. The molecule has 0 unspecified atom stereocenters. The molecule has 3 nitrogen and oxygen atoms in total. The third kappa shape index (κ3) is 1.73. The molecule has 0 fully saturated rings. The van der Waals surface area contributed by atoms with Gasteiger partial charge in [-0.25, -0.2) is 4.99 Å². The molecule has 0 bridgehead atoms. The fourth-order valence-electron chi connectivity index (χ4n) is 0.270. The summed E-state index contributed by atoms with van der Waals surface area (Å²) in [4.78, 5) is 5.12. The number of nitrogens with zero attached hydrogens (tertiary/aromatic N) is 2. The van der Waals surface area contributed by atoms with Crippen LogP contribution in [0.1, 0.15) is 6.92 Å². The summed E-state index contributed by atoms with van der Waals surface area (Å²) in [7, 11) is 1.80. The summed E-state index contributed by atoms with van der Waals surface area (Å²) in [6, 6.07) is 0. The van der Waals surface area contributed by atoms with Gasteiger partial charge in [0.1, 0.15) is 0 Å². The smallest absolute Gasteiger partial charge is 0.216 e. The van der Waals surface area contributed by atoms with E-state index in [4.69, 9.17) is 5.41 Å². The monoisotopic (exact) mass is 113 g/mol. The average Bonchev–Trinajstić information content (AvgIpc) is 1.84. The maximum atomic E-state index is 7.04. The van der Waals surface area contributed by atoms with E-state index in [1.807, 2.05) is 6.92 Å². The molecule has 1 N–H and O–H groups in total. The average molecular weight is 113 g/mol. The van der Waals surface area contributed by atoms with Gasteiger partial charge in [0.25, 0.3) is 0 Å². The zero-order valence-electron chi connectivity index (χ0n) is 5.31. The first-order valence-electron chi connectivity index (χ1n) is 2.48. The van der Waals surface area contributed by atoms with Crippen molar-refractivity contribution in [3.63, 3.8) is 0 Å². The van der Waals surface area contributed by atoms with E-state index >= 15 is 0 Å². The van der Waals surface area contributed by atoms with Gasteiger partial charge in [0.05, 0.1) is 0 Å². The molecule has 0 aromatic heterocycles. The van der Waals surface area contributed by atoms with Crippen LogP contribution in [0.5, 0.6) is 0 Å². The van der Waals surface area contributed by atoms with Crippen molar-refractivity contribution in [2.24, 2.45) is 4.99 Å². The zero-order chi connectivity index (χ0) is 6.57. The van der Waals surface area contributed by atoms with E-state index in [1.54, 1.807) is 11.9 Å². The van der Waals surface area contributed by atoms with Gasteiger partial charge >= 0.3 is 0 Å². The Balaban J connectivity index is 3.62.